The first-order valence-electron chi connectivity index (χ1n) is 6.49. The van der Waals surface area contributed by atoms with Crippen molar-refractivity contribution < 1.29 is 14.8 Å². The minimum absolute atomic E-state index is 0.0281. The number of nitro groups is 1. The fourth-order valence-corrected chi connectivity index (χ4v) is 2.15. The van der Waals surface area contributed by atoms with Gasteiger partial charge in [0.2, 0.25) is 11.8 Å². The molecule has 1 aliphatic rings. The Bertz CT molecular complexity index is 532. The smallest absolute Gasteiger partial charge is 0.332 e. The van der Waals surface area contributed by atoms with Crippen LogP contribution in [-0.4, -0.2) is 45.4 Å². The Balaban J connectivity index is 2.21. The summed E-state index contributed by atoms with van der Waals surface area (Å²) in [5.74, 6) is 5.34. The zero-order valence-electron chi connectivity index (χ0n) is 11.6. The van der Waals surface area contributed by atoms with Crippen molar-refractivity contribution in [2.75, 3.05) is 30.5 Å². The number of nitrogen functional groups attached to an aromatic ring is 1. The molecule has 2 rings (SSSR count). The number of aliphatic hydroxyl groups is 1. The lowest BCUT2D eigenvalue weighted by atomic mass is 9.94. The summed E-state index contributed by atoms with van der Waals surface area (Å²) in [7, 11) is 0. The van der Waals surface area contributed by atoms with Crippen molar-refractivity contribution >= 4 is 17.5 Å². The van der Waals surface area contributed by atoms with E-state index in [-0.39, 0.29) is 29.7 Å². The molecule has 0 amide bonds. The lowest BCUT2D eigenvalue weighted by Crippen LogP contribution is -2.42. The summed E-state index contributed by atoms with van der Waals surface area (Å²) in [4.78, 5) is 18.4. The summed E-state index contributed by atoms with van der Waals surface area (Å²) < 4.78 is 5.19. The molecule has 1 saturated heterocycles. The standard InChI is InChI=1S/C11H18N6O4/c1-7-8(17(19)20)9(15-10(14-7)16-12)13-6-11(18)2-4-21-5-3-11/h18H,2-6,12H2,1H3,(H2,13,14,15,16). The maximum absolute atomic E-state index is 11.1. The predicted molar refractivity (Wildman–Crippen MR) is 74.7 cm³/mol. The number of hydrogen-bond acceptors (Lipinski definition) is 9. The van der Waals surface area contributed by atoms with Gasteiger partial charge in [0.1, 0.15) is 5.69 Å². The van der Waals surface area contributed by atoms with E-state index in [9.17, 15) is 15.2 Å². The van der Waals surface area contributed by atoms with Gasteiger partial charge in [-0.1, -0.05) is 0 Å². The highest BCUT2D eigenvalue weighted by molar-refractivity contribution is 5.60. The molecule has 1 fully saturated rings. The summed E-state index contributed by atoms with van der Waals surface area (Å²) >= 11 is 0. The van der Waals surface area contributed by atoms with Crippen molar-refractivity contribution in [3.63, 3.8) is 0 Å². The van der Waals surface area contributed by atoms with Gasteiger partial charge in [-0.15, -0.1) is 0 Å². The Morgan fingerprint density at radius 2 is 2.14 bits per heavy atom. The van der Waals surface area contributed by atoms with Crippen LogP contribution in [0.1, 0.15) is 18.5 Å². The molecule has 116 valence electrons. The van der Waals surface area contributed by atoms with Gasteiger partial charge in [-0.2, -0.15) is 4.98 Å². The van der Waals surface area contributed by atoms with Crippen LogP contribution in [-0.2, 0) is 4.74 Å². The molecule has 1 aromatic heterocycles. The predicted octanol–water partition coefficient (Wildman–Crippen LogP) is -0.0678. The zero-order chi connectivity index (χ0) is 15.5. The first-order valence-corrected chi connectivity index (χ1v) is 6.49. The highest BCUT2D eigenvalue weighted by Crippen LogP contribution is 2.28. The first-order chi connectivity index (χ1) is 9.95. The van der Waals surface area contributed by atoms with Crippen LogP contribution in [0.5, 0.6) is 0 Å². The Morgan fingerprint density at radius 3 is 2.71 bits per heavy atom. The zero-order valence-corrected chi connectivity index (χ0v) is 11.6. The molecule has 0 aromatic carbocycles. The summed E-state index contributed by atoms with van der Waals surface area (Å²) in [6.07, 6.45) is 0.916. The number of nitrogens with two attached hydrogens (primary N) is 1. The molecule has 5 N–H and O–H groups in total. The minimum Gasteiger partial charge on any atom is -0.388 e. The van der Waals surface area contributed by atoms with Gasteiger partial charge in [-0.05, 0) is 6.92 Å². The SMILES string of the molecule is Cc1nc(NN)nc(NCC2(O)CCOCC2)c1[N+](=O)[O-]. The Labute approximate surface area is 120 Å². The number of aromatic nitrogens is 2. The number of rotatable bonds is 5. The molecule has 0 aliphatic carbocycles. The van der Waals surface area contributed by atoms with Crippen molar-refractivity contribution in [3.8, 4) is 0 Å². The molecule has 0 saturated carbocycles. The highest BCUT2D eigenvalue weighted by Gasteiger charge is 2.31. The first kappa shape index (κ1) is 15.4. The highest BCUT2D eigenvalue weighted by atomic mass is 16.6. The lowest BCUT2D eigenvalue weighted by Gasteiger charge is -2.32. The number of nitrogens with zero attached hydrogens (tertiary/aromatic N) is 3. The van der Waals surface area contributed by atoms with Crippen LogP contribution >= 0.6 is 0 Å². The minimum atomic E-state index is -0.971. The van der Waals surface area contributed by atoms with Crippen LogP contribution in [0.4, 0.5) is 17.5 Å². The van der Waals surface area contributed by atoms with Crippen LogP contribution in [0, 0.1) is 17.0 Å². The largest absolute Gasteiger partial charge is 0.388 e. The maximum atomic E-state index is 11.1. The van der Waals surface area contributed by atoms with Gasteiger partial charge >= 0.3 is 5.69 Å². The average Bonchev–Trinajstić information content (AvgIpc) is 2.45. The molecule has 21 heavy (non-hydrogen) atoms. The Morgan fingerprint density at radius 1 is 1.48 bits per heavy atom. The van der Waals surface area contributed by atoms with Crippen molar-refractivity contribution in [1.82, 2.24) is 9.97 Å². The number of hydrazine groups is 1. The van der Waals surface area contributed by atoms with E-state index in [0.717, 1.165) is 0 Å². The molecular formula is C11H18N6O4. The van der Waals surface area contributed by atoms with E-state index in [1.165, 1.54) is 6.92 Å². The fraction of sp³-hybridized carbons (Fsp3) is 0.636. The van der Waals surface area contributed by atoms with Gasteiger partial charge in [-0.25, -0.2) is 10.8 Å². The molecular weight excluding hydrogens is 280 g/mol. The number of hydrogen-bond donors (Lipinski definition) is 4. The summed E-state index contributed by atoms with van der Waals surface area (Å²) in [5.41, 5.74) is 1.24. The second kappa shape index (κ2) is 6.16. The fourth-order valence-electron chi connectivity index (χ4n) is 2.15. The van der Waals surface area contributed by atoms with Crippen molar-refractivity contribution in [3.05, 3.63) is 15.8 Å². The van der Waals surface area contributed by atoms with Gasteiger partial charge < -0.3 is 15.2 Å². The normalized spacial score (nSPS) is 17.3. The molecule has 2 heterocycles. The van der Waals surface area contributed by atoms with Gasteiger partial charge in [0.05, 0.1) is 10.5 Å². The van der Waals surface area contributed by atoms with Gasteiger partial charge in [0, 0.05) is 32.6 Å². The molecule has 0 bridgehead atoms. The van der Waals surface area contributed by atoms with E-state index >= 15 is 0 Å². The van der Waals surface area contributed by atoms with E-state index in [2.05, 4.69) is 20.7 Å². The van der Waals surface area contributed by atoms with E-state index in [0.29, 0.717) is 26.1 Å². The number of ether oxygens (including phenoxy) is 1. The van der Waals surface area contributed by atoms with Gasteiger partial charge in [0.25, 0.3) is 0 Å². The van der Waals surface area contributed by atoms with Crippen LogP contribution in [0.15, 0.2) is 0 Å². The number of aryl methyl sites for hydroxylation is 1. The topological polar surface area (TPSA) is 148 Å². The molecule has 0 radical (unpaired) electrons. The quantitative estimate of drug-likeness (QED) is 0.333. The third-order valence-electron chi connectivity index (χ3n) is 3.38. The van der Waals surface area contributed by atoms with Crippen molar-refractivity contribution in [1.29, 1.82) is 0 Å². The molecule has 10 heteroatoms. The summed E-state index contributed by atoms with van der Waals surface area (Å²) in [5, 5.41) is 24.3. The van der Waals surface area contributed by atoms with Crippen LogP contribution < -0.4 is 16.6 Å². The summed E-state index contributed by atoms with van der Waals surface area (Å²) in [6.45, 7) is 2.55. The van der Waals surface area contributed by atoms with Crippen LogP contribution in [0.25, 0.3) is 0 Å². The number of anilines is 2. The Hall–Kier alpha value is -2.04. The van der Waals surface area contributed by atoms with Crippen molar-refractivity contribution in [2.24, 2.45) is 5.84 Å². The van der Waals surface area contributed by atoms with Crippen molar-refractivity contribution in [2.45, 2.75) is 25.4 Å². The molecule has 1 aliphatic heterocycles. The molecule has 0 unspecified atom stereocenters. The monoisotopic (exact) mass is 298 g/mol. The summed E-state index contributed by atoms with van der Waals surface area (Å²) in [6, 6.07) is 0. The van der Waals surface area contributed by atoms with Crippen LogP contribution in [0.2, 0.25) is 0 Å². The van der Waals surface area contributed by atoms with E-state index in [1.54, 1.807) is 0 Å². The second-order valence-electron chi connectivity index (χ2n) is 4.92. The molecule has 0 atom stereocenters. The third kappa shape index (κ3) is 3.54. The van der Waals surface area contributed by atoms with Crippen LogP contribution in [0.3, 0.4) is 0 Å². The maximum Gasteiger partial charge on any atom is 0.332 e. The third-order valence-corrected chi connectivity index (χ3v) is 3.38. The van der Waals surface area contributed by atoms with E-state index in [1.807, 2.05) is 0 Å². The second-order valence-corrected chi connectivity index (χ2v) is 4.92. The van der Waals surface area contributed by atoms with E-state index in [4.69, 9.17) is 10.6 Å². The molecule has 1 aromatic rings. The van der Waals surface area contributed by atoms with E-state index < -0.39 is 10.5 Å². The lowest BCUT2D eigenvalue weighted by molar-refractivity contribution is -0.385. The molecule has 0 spiro atoms. The van der Waals surface area contributed by atoms with Gasteiger partial charge in [0.15, 0.2) is 0 Å². The van der Waals surface area contributed by atoms with Gasteiger partial charge in [-0.3, -0.25) is 15.5 Å². The Kier molecular flexibility index (Phi) is 4.50. The molecule has 10 nitrogen and oxygen atoms in total. The average molecular weight is 298 g/mol. The number of nitrogens with one attached hydrogen (secondary N) is 2.